The molecule has 2 aromatic rings. The molecule has 1 aliphatic carbocycles. The van der Waals surface area contributed by atoms with Crippen LogP contribution in [0.5, 0.6) is 0 Å². The number of rotatable bonds is 2. The summed E-state index contributed by atoms with van der Waals surface area (Å²) >= 11 is 1.60. The molecule has 1 atom stereocenters. The van der Waals surface area contributed by atoms with E-state index in [2.05, 4.69) is 16.2 Å². The van der Waals surface area contributed by atoms with Crippen LogP contribution in [0.3, 0.4) is 0 Å². The second kappa shape index (κ2) is 4.54. The van der Waals surface area contributed by atoms with Crippen LogP contribution in [0.1, 0.15) is 42.1 Å². The summed E-state index contributed by atoms with van der Waals surface area (Å²) in [6.07, 6.45) is 5.68. The van der Waals surface area contributed by atoms with Gasteiger partial charge in [-0.1, -0.05) is 0 Å². The Labute approximate surface area is 110 Å². The third-order valence-corrected chi connectivity index (χ3v) is 4.27. The molecule has 1 unspecified atom stereocenters. The van der Waals surface area contributed by atoms with Crippen molar-refractivity contribution in [3.8, 4) is 11.2 Å². The van der Waals surface area contributed by atoms with Crippen LogP contribution in [0.2, 0.25) is 0 Å². The van der Waals surface area contributed by atoms with Crippen LogP contribution in [0.15, 0.2) is 11.6 Å². The molecule has 18 heavy (non-hydrogen) atoms. The predicted molar refractivity (Wildman–Crippen MR) is 69.9 cm³/mol. The zero-order valence-corrected chi connectivity index (χ0v) is 11.1. The highest BCUT2D eigenvalue weighted by molar-refractivity contribution is 7.12. The summed E-state index contributed by atoms with van der Waals surface area (Å²) in [5.41, 5.74) is 3.60. The maximum Gasteiger partial charge on any atom is 0.210 e. The third kappa shape index (κ3) is 1.73. The monoisotopic (exact) mass is 258 g/mol. The average molecular weight is 258 g/mol. The minimum Gasteiger partial charge on any atom is -0.227 e. The quantitative estimate of drug-likeness (QED) is 0.832. The van der Waals surface area contributed by atoms with Gasteiger partial charge in [-0.3, -0.25) is 0 Å². The molecule has 0 saturated heterocycles. The number of aryl methyl sites for hydroxylation is 1. The number of aromatic nitrogens is 3. The van der Waals surface area contributed by atoms with Crippen molar-refractivity contribution in [2.24, 2.45) is 0 Å². The van der Waals surface area contributed by atoms with Crippen molar-refractivity contribution in [3.63, 3.8) is 0 Å². The maximum absolute atomic E-state index is 8.94. The molecule has 1 aliphatic rings. The van der Waals surface area contributed by atoms with Crippen LogP contribution in [-0.2, 0) is 6.42 Å². The molecule has 0 fully saturated rings. The number of thiazole rings is 1. The standard InChI is InChI=1S/C13H14N4S/c1-9-12-10(5-6-14)3-2-4-11(12)17(16-9)13-15-7-8-18-13/h7-8,10H,2-5H2,1H3. The second-order valence-corrected chi connectivity index (χ2v) is 5.50. The molecule has 0 aromatic carbocycles. The lowest BCUT2D eigenvalue weighted by Gasteiger charge is -2.21. The molecule has 3 rings (SSSR count). The summed E-state index contributed by atoms with van der Waals surface area (Å²) in [7, 11) is 0. The Hall–Kier alpha value is -1.67. The number of nitriles is 1. The molecule has 0 saturated carbocycles. The molecule has 0 aliphatic heterocycles. The average Bonchev–Trinajstić information content (AvgIpc) is 2.98. The van der Waals surface area contributed by atoms with E-state index in [0.29, 0.717) is 12.3 Å². The van der Waals surface area contributed by atoms with Gasteiger partial charge in [-0.05, 0) is 26.2 Å². The van der Waals surface area contributed by atoms with Crippen molar-refractivity contribution in [3.05, 3.63) is 28.5 Å². The van der Waals surface area contributed by atoms with Crippen LogP contribution < -0.4 is 0 Å². The molecule has 2 heterocycles. The molecule has 0 spiro atoms. The van der Waals surface area contributed by atoms with Gasteiger partial charge in [0.1, 0.15) is 0 Å². The van der Waals surface area contributed by atoms with Crippen molar-refractivity contribution in [2.45, 2.75) is 38.5 Å². The van der Waals surface area contributed by atoms with Gasteiger partial charge in [-0.15, -0.1) is 11.3 Å². The lowest BCUT2D eigenvalue weighted by molar-refractivity contribution is 0.549. The van der Waals surface area contributed by atoms with Gasteiger partial charge in [0.25, 0.3) is 0 Å². The van der Waals surface area contributed by atoms with Gasteiger partial charge in [0, 0.05) is 29.5 Å². The van der Waals surface area contributed by atoms with E-state index in [4.69, 9.17) is 5.26 Å². The first kappa shape index (κ1) is 11.4. The van der Waals surface area contributed by atoms with Gasteiger partial charge >= 0.3 is 0 Å². The summed E-state index contributed by atoms with van der Waals surface area (Å²) in [5, 5.41) is 16.5. The van der Waals surface area contributed by atoms with Crippen LogP contribution in [0.25, 0.3) is 5.13 Å². The van der Waals surface area contributed by atoms with Gasteiger partial charge in [0.2, 0.25) is 5.13 Å². The summed E-state index contributed by atoms with van der Waals surface area (Å²) < 4.78 is 1.97. The molecule has 0 bridgehead atoms. The predicted octanol–water partition coefficient (Wildman–Crippen LogP) is 2.97. The first-order chi connectivity index (χ1) is 8.81. The number of hydrogen-bond donors (Lipinski definition) is 0. The lowest BCUT2D eigenvalue weighted by Crippen LogP contribution is -2.12. The fourth-order valence-electron chi connectivity index (χ4n) is 2.81. The first-order valence-electron chi connectivity index (χ1n) is 6.16. The summed E-state index contributed by atoms with van der Waals surface area (Å²) in [4.78, 5) is 4.33. The van der Waals surface area contributed by atoms with E-state index in [1.807, 2.05) is 17.0 Å². The fraction of sp³-hybridized carbons (Fsp3) is 0.462. The van der Waals surface area contributed by atoms with E-state index in [9.17, 15) is 0 Å². The van der Waals surface area contributed by atoms with E-state index in [-0.39, 0.29) is 0 Å². The Morgan fingerprint density at radius 3 is 3.22 bits per heavy atom. The summed E-state index contributed by atoms with van der Waals surface area (Å²) in [6, 6.07) is 2.30. The van der Waals surface area contributed by atoms with Gasteiger partial charge in [-0.2, -0.15) is 10.4 Å². The smallest absolute Gasteiger partial charge is 0.210 e. The Morgan fingerprint density at radius 2 is 2.50 bits per heavy atom. The third-order valence-electron chi connectivity index (χ3n) is 3.52. The van der Waals surface area contributed by atoms with E-state index in [1.165, 1.54) is 11.3 Å². The van der Waals surface area contributed by atoms with Gasteiger partial charge in [0.15, 0.2) is 0 Å². The highest BCUT2D eigenvalue weighted by Crippen LogP contribution is 2.37. The Balaban J connectivity index is 2.11. The minimum atomic E-state index is 0.354. The van der Waals surface area contributed by atoms with E-state index in [0.717, 1.165) is 30.1 Å². The van der Waals surface area contributed by atoms with Gasteiger partial charge in [0.05, 0.1) is 17.5 Å². The van der Waals surface area contributed by atoms with Crippen molar-refractivity contribution in [1.29, 1.82) is 5.26 Å². The van der Waals surface area contributed by atoms with Crippen molar-refractivity contribution in [2.75, 3.05) is 0 Å². The minimum absolute atomic E-state index is 0.354. The molecule has 0 radical (unpaired) electrons. The van der Waals surface area contributed by atoms with E-state index >= 15 is 0 Å². The molecule has 4 nitrogen and oxygen atoms in total. The van der Waals surface area contributed by atoms with E-state index < -0.39 is 0 Å². The largest absolute Gasteiger partial charge is 0.227 e. The van der Waals surface area contributed by atoms with Crippen molar-refractivity contribution >= 4 is 11.3 Å². The normalized spacial score (nSPS) is 18.3. The van der Waals surface area contributed by atoms with Gasteiger partial charge in [-0.25, -0.2) is 9.67 Å². The number of hydrogen-bond acceptors (Lipinski definition) is 4. The van der Waals surface area contributed by atoms with Gasteiger partial charge < -0.3 is 0 Å². The van der Waals surface area contributed by atoms with Crippen molar-refractivity contribution in [1.82, 2.24) is 14.8 Å². The SMILES string of the molecule is Cc1nn(-c2nccs2)c2c1C(CC#N)CCC2. The molecule has 92 valence electrons. The van der Waals surface area contributed by atoms with Crippen LogP contribution in [0.4, 0.5) is 0 Å². The molecule has 5 heteroatoms. The van der Waals surface area contributed by atoms with E-state index in [1.54, 1.807) is 17.5 Å². The highest BCUT2D eigenvalue weighted by atomic mass is 32.1. The molecular weight excluding hydrogens is 244 g/mol. The van der Waals surface area contributed by atoms with Crippen molar-refractivity contribution < 1.29 is 0 Å². The molecule has 0 amide bonds. The van der Waals surface area contributed by atoms with Crippen LogP contribution in [-0.4, -0.2) is 14.8 Å². The Morgan fingerprint density at radius 1 is 1.61 bits per heavy atom. The van der Waals surface area contributed by atoms with Crippen LogP contribution >= 0.6 is 11.3 Å². The lowest BCUT2D eigenvalue weighted by atomic mass is 9.83. The zero-order chi connectivity index (χ0) is 12.5. The number of nitrogens with zero attached hydrogens (tertiary/aromatic N) is 4. The molecule has 2 aromatic heterocycles. The maximum atomic E-state index is 8.94. The summed E-state index contributed by atoms with van der Waals surface area (Å²) in [6.45, 7) is 2.04. The fourth-order valence-corrected chi connectivity index (χ4v) is 3.43. The summed E-state index contributed by atoms with van der Waals surface area (Å²) in [5.74, 6) is 0.354. The van der Waals surface area contributed by atoms with Crippen LogP contribution in [0, 0.1) is 18.3 Å². The topological polar surface area (TPSA) is 54.5 Å². The second-order valence-electron chi connectivity index (χ2n) is 4.62. The number of fused-ring (bicyclic) bond motifs is 1. The molecule has 0 N–H and O–H groups in total. The molecular formula is C13H14N4S. The highest BCUT2D eigenvalue weighted by Gasteiger charge is 2.27. The Kier molecular flexibility index (Phi) is 2.88. The first-order valence-corrected chi connectivity index (χ1v) is 7.04. The zero-order valence-electron chi connectivity index (χ0n) is 10.3. The Bertz CT molecular complexity index is 591.